The third kappa shape index (κ3) is 3440. The van der Waals surface area contributed by atoms with Crippen LogP contribution in [0.5, 0.6) is 0 Å². The Morgan fingerprint density at radius 2 is 1.11 bits per heavy atom. The van der Waals surface area contributed by atoms with Gasteiger partial charge in [0.2, 0.25) is 0 Å². The van der Waals surface area contributed by atoms with E-state index in [0.717, 1.165) is 0 Å². The van der Waals surface area contributed by atoms with E-state index in [9.17, 15) is 0 Å². The van der Waals surface area contributed by atoms with Crippen LogP contribution in [0.25, 0.3) is 0 Å². The van der Waals surface area contributed by atoms with E-state index >= 15 is 0 Å². The Kier molecular flexibility index (Phi) is 366. The minimum atomic E-state index is -1.50. The van der Waals surface area contributed by atoms with Gasteiger partial charge in [0.05, 0.1) is 0 Å². The van der Waals surface area contributed by atoms with Crippen LogP contribution in [0, 0.1) is 10.1 Å². The molecule has 66 valence electrons. The smallest absolute Gasteiger partial charge is 0.291 e. The Morgan fingerprint density at radius 1 is 1.11 bits per heavy atom. The SMILES string of the molecule is N.N.N.N.O=[N+]([O-])O.[Pt]. The van der Waals surface area contributed by atoms with Crippen LogP contribution in [-0.2, 0) is 21.1 Å². The second-order valence-corrected chi connectivity index (χ2v) is 0.238. The van der Waals surface area contributed by atoms with Gasteiger partial charge in [-0.2, -0.15) is 0 Å². The monoisotopic (exact) mass is 326 g/mol. The second kappa shape index (κ2) is 47.0. The van der Waals surface area contributed by atoms with Gasteiger partial charge in [-0.1, -0.05) is 0 Å². The van der Waals surface area contributed by atoms with Gasteiger partial charge in [0.15, 0.2) is 0 Å². The molecule has 0 atom stereocenters. The van der Waals surface area contributed by atoms with Crippen molar-refractivity contribution in [2.45, 2.75) is 0 Å². The molecular weight excluding hydrogens is 313 g/mol. The van der Waals surface area contributed by atoms with E-state index in [4.69, 9.17) is 15.3 Å². The fourth-order valence-corrected chi connectivity index (χ4v) is 0. The average Bonchev–Trinajstić information content (AvgIpc) is 0.811. The van der Waals surface area contributed by atoms with Gasteiger partial charge in [0, 0.05) is 21.1 Å². The molecule has 8 nitrogen and oxygen atoms in total. The van der Waals surface area contributed by atoms with Crippen molar-refractivity contribution in [3.8, 4) is 0 Å². The van der Waals surface area contributed by atoms with E-state index in [1.807, 2.05) is 0 Å². The molecule has 0 aliphatic carbocycles. The molecule has 13 N–H and O–H groups in total. The van der Waals surface area contributed by atoms with E-state index < -0.39 is 5.09 Å². The fraction of sp³-hybridized carbons (Fsp3) is 0. The Labute approximate surface area is 66.7 Å². The van der Waals surface area contributed by atoms with Crippen molar-refractivity contribution >= 4 is 0 Å². The van der Waals surface area contributed by atoms with Crippen LogP contribution in [0.2, 0.25) is 0 Å². The maximum absolute atomic E-state index is 8.36. The molecule has 0 rings (SSSR count). The van der Waals surface area contributed by atoms with Crippen LogP contribution in [0.15, 0.2) is 0 Å². The summed E-state index contributed by atoms with van der Waals surface area (Å²) in [6.07, 6.45) is 0. The van der Waals surface area contributed by atoms with Gasteiger partial charge in [0.1, 0.15) is 0 Å². The summed E-state index contributed by atoms with van der Waals surface area (Å²) < 4.78 is 0. The maximum Gasteiger partial charge on any atom is 0.291 e. The molecule has 0 saturated heterocycles. The number of hydrogen-bond donors (Lipinski definition) is 5. The molecule has 0 aliphatic heterocycles. The van der Waals surface area contributed by atoms with Gasteiger partial charge in [0.25, 0.3) is 5.09 Å². The molecule has 0 saturated carbocycles. The topological polar surface area (TPSA) is 203 Å². The molecule has 0 heterocycles. The zero-order chi connectivity index (χ0) is 3.58. The van der Waals surface area contributed by atoms with E-state index in [1.54, 1.807) is 0 Å². The van der Waals surface area contributed by atoms with Gasteiger partial charge in [-0.25, -0.2) is 0 Å². The predicted molar refractivity (Wildman–Crippen MR) is 28.9 cm³/mol. The van der Waals surface area contributed by atoms with Crippen molar-refractivity contribution in [3.63, 3.8) is 0 Å². The minimum Gasteiger partial charge on any atom is -0.344 e. The van der Waals surface area contributed by atoms with Crippen LogP contribution in [-0.4, -0.2) is 10.3 Å². The first-order valence-corrected chi connectivity index (χ1v) is 0.565. The first-order chi connectivity index (χ1) is 1.73. The van der Waals surface area contributed by atoms with Crippen LogP contribution in [0.3, 0.4) is 0 Å². The van der Waals surface area contributed by atoms with Crippen LogP contribution in [0.1, 0.15) is 0 Å². The molecule has 0 amide bonds. The Balaban J connectivity index is -0.00000000450. The van der Waals surface area contributed by atoms with Crippen molar-refractivity contribution in [3.05, 3.63) is 10.1 Å². The Bertz CT molecular complexity index is 35.2. The third-order valence-electron chi connectivity index (χ3n) is 0. The van der Waals surface area contributed by atoms with Gasteiger partial charge in [-0.3, -0.25) is 0 Å². The third-order valence-corrected chi connectivity index (χ3v) is 0. The van der Waals surface area contributed by atoms with Gasteiger partial charge >= 0.3 is 0 Å². The number of hydrogen-bond acceptors (Lipinski definition) is 6. The van der Waals surface area contributed by atoms with E-state index in [2.05, 4.69) is 0 Å². The summed E-state index contributed by atoms with van der Waals surface area (Å²) in [5, 5.41) is 13.6. The minimum absolute atomic E-state index is 0. The molecule has 0 bridgehead atoms. The predicted octanol–water partition coefficient (Wildman–Crippen LogP) is 0.298. The van der Waals surface area contributed by atoms with Crippen molar-refractivity contribution in [2.75, 3.05) is 0 Å². The molecule has 9 heteroatoms. The molecular formula is H13N5O3Pt. The average molecular weight is 326 g/mol. The Morgan fingerprint density at radius 3 is 1.11 bits per heavy atom. The zero-order valence-electron chi connectivity index (χ0n) is 4.86. The summed E-state index contributed by atoms with van der Waals surface area (Å²) in [5.74, 6) is 0. The summed E-state index contributed by atoms with van der Waals surface area (Å²) in [6, 6.07) is 0. The van der Waals surface area contributed by atoms with Crippen molar-refractivity contribution < 1.29 is 31.4 Å². The molecule has 0 aromatic carbocycles. The molecule has 0 unspecified atom stereocenters. The summed E-state index contributed by atoms with van der Waals surface area (Å²) in [5.41, 5.74) is 0. The molecule has 9 heavy (non-hydrogen) atoms. The van der Waals surface area contributed by atoms with Gasteiger partial charge < -0.3 is 29.8 Å². The molecule has 0 aromatic rings. The summed E-state index contributed by atoms with van der Waals surface area (Å²) in [7, 11) is 0. The largest absolute Gasteiger partial charge is 0.344 e. The standard InChI is InChI=1S/HNO3.4H3N.Pt/c2-1(3)4;;;;;/h(H,2,3,4);4*1H3;. The van der Waals surface area contributed by atoms with Crippen LogP contribution < -0.4 is 24.6 Å². The number of rotatable bonds is 0. The van der Waals surface area contributed by atoms with Gasteiger partial charge in [-0.05, 0) is 0 Å². The van der Waals surface area contributed by atoms with E-state index in [1.165, 1.54) is 0 Å². The first kappa shape index (κ1) is 70.0. The van der Waals surface area contributed by atoms with Crippen molar-refractivity contribution in [1.82, 2.24) is 24.6 Å². The fourth-order valence-electron chi connectivity index (χ4n) is 0. The van der Waals surface area contributed by atoms with E-state index in [-0.39, 0.29) is 45.7 Å². The Hall–Kier alpha value is -0.272. The van der Waals surface area contributed by atoms with Crippen LogP contribution in [0.4, 0.5) is 0 Å². The van der Waals surface area contributed by atoms with Crippen LogP contribution >= 0.6 is 0 Å². The maximum atomic E-state index is 8.36. The van der Waals surface area contributed by atoms with Crippen molar-refractivity contribution in [2.24, 2.45) is 0 Å². The quantitative estimate of drug-likeness (QED) is 0.310. The summed E-state index contributed by atoms with van der Waals surface area (Å²) in [6.45, 7) is 0. The number of nitrogens with zero attached hydrogens (tertiary/aromatic N) is 1. The molecule has 0 aromatic heterocycles. The molecule has 0 aliphatic rings. The van der Waals surface area contributed by atoms with Gasteiger partial charge in [-0.15, -0.1) is 10.1 Å². The van der Waals surface area contributed by atoms with E-state index in [0.29, 0.717) is 0 Å². The molecule has 0 spiro atoms. The molecule has 0 radical (unpaired) electrons. The second-order valence-electron chi connectivity index (χ2n) is 0.238. The first-order valence-electron chi connectivity index (χ1n) is 0.565. The van der Waals surface area contributed by atoms with Crippen molar-refractivity contribution in [1.29, 1.82) is 0 Å². The molecule has 0 fully saturated rings. The zero-order valence-corrected chi connectivity index (χ0v) is 7.13. The summed E-state index contributed by atoms with van der Waals surface area (Å²) >= 11 is 0. The normalized spacial score (nSPS) is 2.67. The summed E-state index contributed by atoms with van der Waals surface area (Å²) in [4.78, 5) is 8.36.